The summed E-state index contributed by atoms with van der Waals surface area (Å²) in [5, 5.41) is 15.1. The molecule has 0 aliphatic carbocycles. The van der Waals surface area contributed by atoms with E-state index in [1.54, 1.807) is 38.1 Å². The van der Waals surface area contributed by atoms with Gasteiger partial charge in [-0.05, 0) is 38.5 Å². The highest BCUT2D eigenvalue weighted by molar-refractivity contribution is 5.95. The van der Waals surface area contributed by atoms with Gasteiger partial charge in [0.05, 0.1) is 18.2 Å². The molecule has 0 bridgehead atoms. The molecule has 0 unspecified atom stereocenters. The minimum Gasteiger partial charge on any atom is -0.504 e. The van der Waals surface area contributed by atoms with Crippen LogP contribution in [-0.4, -0.2) is 30.3 Å². The Morgan fingerprint density at radius 1 is 1.40 bits per heavy atom. The number of amides is 2. The third kappa shape index (κ3) is 4.32. The van der Waals surface area contributed by atoms with Gasteiger partial charge >= 0.3 is 12.0 Å². The Balaban J connectivity index is 2.38. The number of nitrogens with one attached hydrogen (secondary N) is 2. The average Bonchev–Trinajstić information content (AvgIpc) is 2.56. The molecule has 0 fully saturated rings. The molecule has 25 heavy (non-hydrogen) atoms. The van der Waals surface area contributed by atoms with Gasteiger partial charge in [-0.3, -0.25) is 0 Å². The molecule has 1 aromatic rings. The zero-order valence-corrected chi connectivity index (χ0v) is 14.5. The number of hydrogen-bond acceptors (Lipinski definition) is 5. The minimum absolute atomic E-state index is 0.0104. The molecule has 7 heteroatoms. The van der Waals surface area contributed by atoms with Crippen molar-refractivity contribution in [3.05, 3.63) is 47.2 Å². The van der Waals surface area contributed by atoms with Crippen molar-refractivity contribution < 1.29 is 24.2 Å². The van der Waals surface area contributed by atoms with E-state index in [4.69, 9.17) is 9.47 Å². The number of urea groups is 1. The number of allylic oxidation sites excluding steroid dienone is 2. The van der Waals surface area contributed by atoms with Crippen LogP contribution in [0.1, 0.15) is 32.4 Å². The number of aromatic hydroxyl groups is 1. The van der Waals surface area contributed by atoms with Crippen molar-refractivity contribution >= 4 is 12.0 Å². The molecule has 1 heterocycles. The fourth-order valence-electron chi connectivity index (χ4n) is 2.49. The van der Waals surface area contributed by atoms with Crippen LogP contribution in [0.25, 0.3) is 0 Å². The Hall–Kier alpha value is -2.96. The normalized spacial score (nSPS) is 17.2. The van der Waals surface area contributed by atoms with E-state index in [1.807, 2.05) is 6.92 Å². The fourth-order valence-corrected chi connectivity index (χ4v) is 2.49. The molecule has 0 saturated carbocycles. The van der Waals surface area contributed by atoms with E-state index in [2.05, 4.69) is 10.6 Å². The lowest BCUT2D eigenvalue weighted by Crippen LogP contribution is -2.45. The highest BCUT2D eigenvalue weighted by Gasteiger charge is 2.32. The maximum atomic E-state index is 12.5. The Morgan fingerprint density at radius 3 is 2.84 bits per heavy atom. The van der Waals surface area contributed by atoms with Gasteiger partial charge in [-0.2, -0.15) is 0 Å². The van der Waals surface area contributed by atoms with Crippen LogP contribution in [0.5, 0.6) is 11.5 Å². The Kier molecular flexibility index (Phi) is 6.05. The van der Waals surface area contributed by atoms with Crippen molar-refractivity contribution in [1.29, 1.82) is 0 Å². The van der Waals surface area contributed by atoms with Crippen molar-refractivity contribution in [3.8, 4) is 11.5 Å². The molecule has 1 aliphatic rings. The highest BCUT2D eigenvalue weighted by Crippen LogP contribution is 2.34. The molecule has 0 aromatic heterocycles. The monoisotopic (exact) mass is 346 g/mol. The third-order valence-corrected chi connectivity index (χ3v) is 3.65. The summed E-state index contributed by atoms with van der Waals surface area (Å²) < 4.78 is 10.6. The molecule has 0 radical (unpaired) electrons. The quantitative estimate of drug-likeness (QED) is 0.543. The van der Waals surface area contributed by atoms with Gasteiger partial charge < -0.3 is 25.2 Å². The number of phenolic OH excluding ortho intramolecular Hbond substituents is 1. The van der Waals surface area contributed by atoms with Crippen LogP contribution < -0.4 is 15.4 Å². The van der Waals surface area contributed by atoms with Crippen LogP contribution in [0.3, 0.4) is 0 Å². The molecule has 0 saturated heterocycles. The van der Waals surface area contributed by atoms with E-state index in [-0.39, 0.29) is 18.1 Å². The molecular formula is C18H22N2O5. The molecule has 1 aromatic carbocycles. The SMILES string of the molecule is C/C=C/COC(=O)C1=C(C)NC(=O)N[C@@H]1c1ccc(O)c(OCC)c1. The number of carbonyl (C=O) groups is 2. The van der Waals surface area contributed by atoms with E-state index in [0.29, 0.717) is 23.4 Å². The summed E-state index contributed by atoms with van der Waals surface area (Å²) in [7, 11) is 0. The van der Waals surface area contributed by atoms with Crippen molar-refractivity contribution in [2.45, 2.75) is 26.8 Å². The topological polar surface area (TPSA) is 96.9 Å². The van der Waals surface area contributed by atoms with E-state index in [0.717, 1.165) is 0 Å². The molecule has 7 nitrogen and oxygen atoms in total. The first-order valence-corrected chi connectivity index (χ1v) is 8.00. The van der Waals surface area contributed by atoms with Crippen LogP contribution in [0.2, 0.25) is 0 Å². The minimum atomic E-state index is -0.702. The van der Waals surface area contributed by atoms with E-state index in [1.165, 1.54) is 6.07 Å². The summed E-state index contributed by atoms with van der Waals surface area (Å²) in [5.41, 5.74) is 1.33. The number of phenols is 1. The lowest BCUT2D eigenvalue weighted by atomic mass is 9.95. The fraction of sp³-hybridized carbons (Fsp3) is 0.333. The first kappa shape index (κ1) is 18.4. The Labute approximate surface area is 146 Å². The molecule has 3 N–H and O–H groups in total. The maximum absolute atomic E-state index is 12.5. The Bertz CT molecular complexity index is 724. The second-order valence-corrected chi connectivity index (χ2v) is 5.40. The zero-order valence-electron chi connectivity index (χ0n) is 14.5. The van der Waals surface area contributed by atoms with Crippen LogP contribution in [-0.2, 0) is 9.53 Å². The third-order valence-electron chi connectivity index (χ3n) is 3.65. The average molecular weight is 346 g/mol. The standard InChI is InChI=1S/C18H22N2O5/c1-4-6-9-25-17(22)15-11(3)19-18(23)20-16(15)12-7-8-13(21)14(10-12)24-5-2/h4,6-8,10,16,21H,5,9H2,1-3H3,(H2,19,20,23)/b6-4+/t16-/m1/s1. The molecule has 2 rings (SSSR count). The lowest BCUT2D eigenvalue weighted by Gasteiger charge is -2.28. The summed E-state index contributed by atoms with van der Waals surface area (Å²) in [6.45, 7) is 5.79. The summed E-state index contributed by atoms with van der Waals surface area (Å²) >= 11 is 0. The first-order chi connectivity index (χ1) is 12.0. The van der Waals surface area contributed by atoms with Crippen LogP contribution in [0, 0.1) is 0 Å². The summed E-state index contributed by atoms with van der Waals surface area (Å²) in [6.07, 6.45) is 3.49. The highest BCUT2D eigenvalue weighted by atomic mass is 16.5. The zero-order chi connectivity index (χ0) is 18.4. The predicted octanol–water partition coefficient (Wildman–Crippen LogP) is 2.54. The predicted molar refractivity (Wildman–Crippen MR) is 92.2 cm³/mol. The second kappa shape index (κ2) is 8.23. The number of esters is 1. The van der Waals surface area contributed by atoms with E-state index >= 15 is 0 Å². The van der Waals surface area contributed by atoms with Gasteiger partial charge in [0.15, 0.2) is 11.5 Å². The summed E-state index contributed by atoms with van der Waals surface area (Å²) in [4.78, 5) is 24.3. The largest absolute Gasteiger partial charge is 0.504 e. The number of benzene rings is 1. The molecule has 1 atom stereocenters. The van der Waals surface area contributed by atoms with Crippen molar-refractivity contribution in [2.24, 2.45) is 0 Å². The van der Waals surface area contributed by atoms with Gasteiger partial charge in [-0.25, -0.2) is 9.59 Å². The second-order valence-electron chi connectivity index (χ2n) is 5.40. The van der Waals surface area contributed by atoms with E-state index in [9.17, 15) is 14.7 Å². The first-order valence-electron chi connectivity index (χ1n) is 8.00. The molecular weight excluding hydrogens is 324 g/mol. The van der Waals surface area contributed by atoms with Crippen LogP contribution in [0.15, 0.2) is 41.6 Å². The molecule has 0 spiro atoms. The van der Waals surface area contributed by atoms with Crippen LogP contribution >= 0.6 is 0 Å². The van der Waals surface area contributed by atoms with Gasteiger partial charge in [0, 0.05) is 5.70 Å². The van der Waals surface area contributed by atoms with Gasteiger partial charge in [-0.1, -0.05) is 18.2 Å². The Morgan fingerprint density at radius 2 is 2.16 bits per heavy atom. The summed E-state index contributed by atoms with van der Waals surface area (Å²) in [6, 6.07) is 3.57. The van der Waals surface area contributed by atoms with Crippen molar-refractivity contribution in [3.63, 3.8) is 0 Å². The number of carbonyl (C=O) groups excluding carboxylic acids is 2. The van der Waals surface area contributed by atoms with Gasteiger partial charge in [0.25, 0.3) is 0 Å². The molecule has 2 amide bonds. The van der Waals surface area contributed by atoms with Gasteiger partial charge in [0.2, 0.25) is 0 Å². The maximum Gasteiger partial charge on any atom is 0.338 e. The van der Waals surface area contributed by atoms with Crippen LogP contribution in [0.4, 0.5) is 4.79 Å². The lowest BCUT2D eigenvalue weighted by molar-refractivity contribution is -0.138. The number of ether oxygens (including phenoxy) is 2. The smallest absolute Gasteiger partial charge is 0.338 e. The number of rotatable bonds is 6. The molecule has 134 valence electrons. The summed E-state index contributed by atoms with van der Waals surface area (Å²) in [5.74, 6) is -0.255. The molecule has 1 aliphatic heterocycles. The van der Waals surface area contributed by atoms with Gasteiger partial charge in [0.1, 0.15) is 6.61 Å². The van der Waals surface area contributed by atoms with Gasteiger partial charge in [-0.15, -0.1) is 0 Å². The van der Waals surface area contributed by atoms with E-state index < -0.39 is 18.0 Å². The van der Waals surface area contributed by atoms with Crippen molar-refractivity contribution in [1.82, 2.24) is 10.6 Å². The number of hydrogen-bond donors (Lipinski definition) is 3. The van der Waals surface area contributed by atoms with Crippen molar-refractivity contribution in [2.75, 3.05) is 13.2 Å².